The maximum Gasteiger partial charge on any atom is 0.313 e. The lowest BCUT2D eigenvalue weighted by Gasteiger charge is -2.52. The number of nitro benzene ring substituents is 1. The van der Waals surface area contributed by atoms with Gasteiger partial charge in [-0.05, 0) is 34.8 Å². The minimum Gasteiger partial charge on any atom is -0.482 e. The number of hydrogen-bond acceptors (Lipinski definition) is 4. The Bertz CT molecular complexity index is 562. The van der Waals surface area contributed by atoms with Gasteiger partial charge in [-0.1, -0.05) is 25.4 Å². The van der Waals surface area contributed by atoms with Gasteiger partial charge in [0.1, 0.15) is 6.10 Å². The number of nitro groups is 1. The van der Waals surface area contributed by atoms with E-state index in [0.717, 1.165) is 12.8 Å². The van der Waals surface area contributed by atoms with Crippen LogP contribution in [0.4, 0.5) is 5.69 Å². The Morgan fingerprint density at radius 3 is 2.62 bits per heavy atom. The molecule has 0 saturated heterocycles. The average Bonchev–Trinajstić information content (AvgIpc) is 2.41. The highest BCUT2D eigenvalue weighted by Gasteiger charge is 2.54. The van der Waals surface area contributed by atoms with Crippen LogP contribution < -0.4 is 4.74 Å². The molecule has 0 radical (unpaired) electrons. The van der Waals surface area contributed by atoms with Crippen LogP contribution in [0.2, 0.25) is 5.02 Å². The minimum atomic E-state index is -0.513. The molecule has 7 heteroatoms. The van der Waals surface area contributed by atoms with Gasteiger partial charge in [-0.25, -0.2) is 0 Å². The molecule has 0 amide bonds. The number of aliphatic hydroxyl groups excluding tert-OH is 1. The molecule has 1 fully saturated rings. The van der Waals surface area contributed by atoms with Crippen LogP contribution in [0.1, 0.15) is 33.1 Å². The molecular weight excluding hydrogens is 362 g/mol. The molecule has 2 rings (SSSR count). The fraction of sp³-hybridized carbons (Fsp3) is 0.571. The van der Waals surface area contributed by atoms with E-state index in [0.29, 0.717) is 10.9 Å². The summed E-state index contributed by atoms with van der Waals surface area (Å²) in [5.74, 6) is 0.174. The smallest absolute Gasteiger partial charge is 0.313 e. The molecule has 0 bridgehead atoms. The Kier molecular flexibility index (Phi) is 4.80. The van der Waals surface area contributed by atoms with Crippen LogP contribution in [0, 0.1) is 15.5 Å². The molecule has 2 atom stereocenters. The molecule has 1 aromatic rings. The van der Waals surface area contributed by atoms with Crippen LogP contribution >= 0.6 is 27.5 Å². The second-order valence-electron chi connectivity index (χ2n) is 5.29. The fourth-order valence-corrected chi connectivity index (χ4v) is 3.90. The van der Waals surface area contributed by atoms with E-state index in [9.17, 15) is 15.2 Å². The van der Waals surface area contributed by atoms with Gasteiger partial charge in [-0.2, -0.15) is 0 Å². The van der Waals surface area contributed by atoms with Crippen molar-refractivity contribution in [3.8, 4) is 5.75 Å². The molecular formula is C14H17BrClNO4. The van der Waals surface area contributed by atoms with Gasteiger partial charge in [-0.15, -0.1) is 0 Å². The number of benzene rings is 1. The molecule has 1 aliphatic rings. The molecule has 5 nitrogen and oxygen atoms in total. The zero-order valence-electron chi connectivity index (χ0n) is 11.8. The largest absolute Gasteiger partial charge is 0.482 e. The number of aliphatic hydroxyl groups is 1. The Labute approximate surface area is 136 Å². The number of halogens is 2. The lowest BCUT2D eigenvalue weighted by molar-refractivity contribution is -0.386. The van der Waals surface area contributed by atoms with E-state index in [1.807, 2.05) is 13.8 Å². The van der Waals surface area contributed by atoms with Crippen LogP contribution in [-0.4, -0.2) is 22.2 Å². The highest BCUT2D eigenvalue weighted by Crippen LogP contribution is 2.51. The number of nitrogens with zero attached hydrogens (tertiary/aromatic N) is 1. The molecule has 0 heterocycles. The van der Waals surface area contributed by atoms with Crippen molar-refractivity contribution >= 4 is 33.2 Å². The third-order valence-corrected chi connectivity index (χ3v) is 5.31. The van der Waals surface area contributed by atoms with Gasteiger partial charge in [0.15, 0.2) is 0 Å². The number of hydrogen-bond donors (Lipinski definition) is 1. The van der Waals surface area contributed by atoms with E-state index < -0.39 is 11.0 Å². The first-order valence-electron chi connectivity index (χ1n) is 6.83. The van der Waals surface area contributed by atoms with Crippen molar-refractivity contribution in [1.82, 2.24) is 0 Å². The van der Waals surface area contributed by atoms with Crippen LogP contribution in [-0.2, 0) is 0 Å². The van der Waals surface area contributed by atoms with E-state index in [-0.39, 0.29) is 28.0 Å². The van der Waals surface area contributed by atoms with Gasteiger partial charge in [0.2, 0.25) is 5.75 Å². The van der Waals surface area contributed by atoms with E-state index in [1.165, 1.54) is 6.07 Å². The molecule has 1 aliphatic carbocycles. The summed E-state index contributed by atoms with van der Waals surface area (Å²) in [5, 5.41) is 21.5. The average molecular weight is 379 g/mol. The van der Waals surface area contributed by atoms with Gasteiger partial charge in [0, 0.05) is 22.9 Å². The minimum absolute atomic E-state index is 0.170. The van der Waals surface area contributed by atoms with Crippen molar-refractivity contribution in [3.05, 3.63) is 31.7 Å². The number of ether oxygens (including phenoxy) is 1. The normalized spacial score (nSPS) is 23.5. The van der Waals surface area contributed by atoms with Crippen molar-refractivity contribution in [2.45, 2.75) is 45.3 Å². The first-order chi connectivity index (χ1) is 9.85. The van der Waals surface area contributed by atoms with E-state index in [4.69, 9.17) is 16.3 Å². The van der Waals surface area contributed by atoms with Crippen molar-refractivity contribution in [3.63, 3.8) is 0 Å². The quantitative estimate of drug-likeness (QED) is 0.611. The van der Waals surface area contributed by atoms with Crippen molar-refractivity contribution < 1.29 is 14.8 Å². The van der Waals surface area contributed by atoms with Gasteiger partial charge in [0.25, 0.3) is 0 Å². The zero-order valence-corrected chi connectivity index (χ0v) is 14.1. The monoisotopic (exact) mass is 377 g/mol. The van der Waals surface area contributed by atoms with Crippen LogP contribution in [0.25, 0.3) is 0 Å². The van der Waals surface area contributed by atoms with Crippen molar-refractivity contribution in [1.29, 1.82) is 0 Å². The molecule has 1 saturated carbocycles. The summed E-state index contributed by atoms with van der Waals surface area (Å²) in [4.78, 5) is 10.7. The molecule has 0 aromatic heterocycles. The second kappa shape index (κ2) is 6.10. The summed E-state index contributed by atoms with van der Waals surface area (Å²) in [6.07, 6.45) is 1.33. The topological polar surface area (TPSA) is 72.6 Å². The predicted molar refractivity (Wildman–Crippen MR) is 83.9 cm³/mol. The van der Waals surface area contributed by atoms with Gasteiger partial charge in [0.05, 0.1) is 15.5 Å². The molecule has 1 N–H and O–H groups in total. The summed E-state index contributed by atoms with van der Waals surface area (Å²) in [6, 6.07) is 2.84. The molecule has 116 valence electrons. The predicted octanol–water partition coefficient (Wildman–Crippen LogP) is 4.33. The molecule has 2 unspecified atom stereocenters. The van der Waals surface area contributed by atoms with Crippen LogP contribution in [0.15, 0.2) is 16.6 Å². The Balaban J connectivity index is 2.34. The van der Waals surface area contributed by atoms with E-state index in [1.54, 1.807) is 6.07 Å². The maximum absolute atomic E-state index is 11.2. The summed E-state index contributed by atoms with van der Waals surface area (Å²) in [5.41, 5.74) is -0.510. The zero-order chi connectivity index (χ0) is 15.8. The second-order valence-corrected chi connectivity index (χ2v) is 6.58. The van der Waals surface area contributed by atoms with Crippen molar-refractivity contribution in [2.75, 3.05) is 0 Å². The lowest BCUT2D eigenvalue weighted by Crippen LogP contribution is -2.59. The SMILES string of the molecule is CCC1(CC)C(O)CC1Oc1c(Br)cc(Cl)cc1[N+](=O)[O-]. The van der Waals surface area contributed by atoms with Crippen LogP contribution in [0.5, 0.6) is 5.75 Å². The summed E-state index contributed by atoms with van der Waals surface area (Å²) >= 11 is 9.12. The lowest BCUT2D eigenvalue weighted by atomic mass is 9.60. The standard InChI is InChI=1S/C14H17BrClNO4/c1-3-14(4-2)11(18)7-12(14)21-13-9(15)5-8(16)6-10(13)17(19)20/h5-6,11-12,18H,3-4,7H2,1-2H3. The summed E-state index contributed by atoms with van der Waals surface area (Å²) in [7, 11) is 0. The first kappa shape index (κ1) is 16.5. The Morgan fingerprint density at radius 1 is 1.52 bits per heavy atom. The van der Waals surface area contributed by atoms with Gasteiger partial charge < -0.3 is 9.84 Å². The van der Waals surface area contributed by atoms with Gasteiger partial charge in [-0.3, -0.25) is 10.1 Å². The first-order valence-corrected chi connectivity index (χ1v) is 8.01. The molecule has 1 aromatic carbocycles. The summed E-state index contributed by atoms with van der Waals surface area (Å²) < 4.78 is 6.34. The third kappa shape index (κ3) is 2.76. The fourth-order valence-electron chi connectivity index (χ4n) is 3.01. The molecule has 21 heavy (non-hydrogen) atoms. The maximum atomic E-state index is 11.2. The van der Waals surface area contributed by atoms with Crippen LogP contribution in [0.3, 0.4) is 0 Å². The van der Waals surface area contributed by atoms with Gasteiger partial charge >= 0.3 is 5.69 Å². The Morgan fingerprint density at radius 2 is 2.14 bits per heavy atom. The molecule has 0 aliphatic heterocycles. The molecule has 0 spiro atoms. The summed E-state index contributed by atoms with van der Waals surface area (Å²) in [6.45, 7) is 3.99. The van der Waals surface area contributed by atoms with Crippen molar-refractivity contribution in [2.24, 2.45) is 5.41 Å². The number of rotatable bonds is 5. The highest BCUT2D eigenvalue weighted by atomic mass is 79.9. The third-order valence-electron chi connectivity index (χ3n) is 4.50. The Hall–Kier alpha value is -0.850. The van der Waals surface area contributed by atoms with E-state index in [2.05, 4.69) is 15.9 Å². The highest BCUT2D eigenvalue weighted by molar-refractivity contribution is 9.10. The van der Waals surface area contributed by atoms with E-state index >= 15 is 0 Å².